The molecule has 0 unspecified atom stereocenters. The minimum Gasteiger partial charge on any atom is -0.311 e. The number of hydrogen-bond donors (Lipinski definition) is 1. The average molecular weight is 429 g/mol. The maximum atomic E-state index is 12.8. The van der Waals surface area contributed by atoms with Crippen LogP contribution in [0, 0.1) is 5.92 Å². The molecule has 2 fully saturated rings. The number of aromatic nitrogens is 2. The Morgan fingerprint density at radius 1 is 1.03 bits per heavy atom. The maximum absolute atomic E-state index is 12.8. The third-order valence-electron chi connectivity index (χ3n) is 6.01. The van der Waals surface area contributed by atoms with Crippen LogP contribution in [0.1, 0.15) is 50.1 Å². The van der Waals surface area contributed by atoms with Gasteiger partial charge in [-0.3, -0.25) is 4.79 Å². The van der Waals surface area contributed by atoms with Crippen LogP contribution < -0.4 is 5.32 Å². The molecule has 0 atom stereocenters. The summed E-state index contributed by atoms with van der Waals surface area (Å²) in [6.07, 6.45) is 8.95. The van der Waals surface area contributed by atoms with E-state index in [1.54, 1.807) is 12.3 Å². The summed E-state index contributed by atoms with van der Waals surface area (Å²) in [6.45, 7) is 0.697. The van der Waals surface area contributed by atoms with Gasteiger partial charge in [-0.05, 0) is 37.3 Å². The molecule has 1 saturated heterocycles. The van der Waals surface area contributed by atoms with Crippen molar-refractivity contribution in [2.75, 3.05) is 18.4 Å². The number of nitrogens with one attached hydrogen (secondary N) is 1. The Morgan fingerprint density at radius 3 is 2.43 bits per heavy atom. The van der Waals surface area contributed by atoms with Crippen molar-refractivity contribution in [2.24, 2.45) is 5.92 Å². The van der Waals surface area contributed by atoms with Crippen molar-refractivity contribution in [1.82, 2.24) is 14.1 Å². The third kappa shape index (κ3) is 4.82. The molecule has 4 rings (SSSR count). The van der Waals surface area contributed by atoms with E-state index >= 15 is 0 Å². The van der Waals surface area contributed by atoms with Crippen molar-refractivity contribution in [1.29, 1.82) is 0 Å². The first-order chi connectivity index (χ1) is 14.5. The monoisotopic (exact) mass is 428 g/mol. The molecule has 1 aliphatic carbocycles. The van der Waals surface area contributed by atoms with Crippen LogP contribution in [-0.4, -0.2) is 41.5 Å². The second-order valence-electron chi connectivity index (χ2n) is 8.02. The van der Waals surface area contributed by atoms with Gasteiger partial charge in [-0.1, -0.05) is 43.2 Å². The molecule has 0 radical (unpaired) electrons. The smallest absolute Gasteiger partial charge is 0.236 e. The summed E-state index contributed by atoms with van der Waals surface area (Å²) in [5.41, 5.74) is 0.842. The van der Waals surface area contributed by atoms with Crippen molar-refractivity contribution < 1.29 is 13.2 Å². The van der Waals surface area contributed by atoms with E-state index in [9.17, 15) is 13.2 Å². The first-order valence-electron chi connectivity index (χ1n) is 10.6. The minimum atomic E-state index is -3.49. The van der Waals surface area contributed by atoms with E-state index in [0.717, 1.165) is 24.2 Å². The fourth-order valence-electron chi connectivity index (χ4n) is 4.27. The fourth-order valence-corrected chi connectivity index (χ4v) is 5.49. The molecular weight excluding hydrogens is 400 g/mol. The van der Waals surface area contributed by atoms with Crippen LogP contribution in [0.4, 0.5) is 5.82 Å². The number of hydrogen-bond acceptors (Lipinski definition) is 4. The second kappa shape index (κ2) is 9.14. The number of benzene rings is 1. The summed E-state index contributed by atoms with van der Waals surface area (Å²) in [6, 6.07) is 11.5. The van der Waals surface area contributed by atoms with Crippen LogP contribution in [0.2, 0.25) is 0 Å². The molecule has 160 valence electrons. The summed E-state index contributed by atoms with van der Waals surface area (Å²) >= 11 is 0. The second-order valence-corrected chi connectivity index (χ2v) is 9.84. The van der Waals surface area contributed by atoms with Gasteiger partial charge in [0.25, 0.3) is 0 Å². The number of amides is 1. The van der Waals surface area contributed by atoms with Crippen LogP contribution in [0.5, 0.6) is 0 Å². The highest BCUT2D eigenvalue weighted by Gasteiger charge is 2.30. The van der Waals surface area contributed by atoms with Crippen LogP contribution in [-0.2, 0) is 14.8 Å². The van der Waals surface area contributed by atoms with Gasteiger partial charge < -0.3 is 5.32 Å². The van der Waals surface area contributed by atoms with Crippen LogP contribution in [0.3, 0.4) is 0 Å². The molecule has 1 aromatic carbocycles. The number of anilines is 1. The Kier molecular flexibility index (Phi) is 6.34. The predicted molar refractivity (Wildman–Crippen MR) is 117 cm³/mol. The van der Waals surface area contributed by atoms with Crippen molar-refractivity contribution in [3.63, 3.8) is 0 Å². The van der Waals surface area contributed by atoms with Crippen molar-refractivity contribution in [3.8, 4) is 0 Å². The maximum Gasteiger partial charge on any atom is 0.236 e. The lowest BCUT2D eigenvalue weighted by Gasteiger charge is -2.29. The molecule has 1 N–H and O–H groups in total. The molecule has 1 aromatic heterocycles. The van der Waals surface area contributed by atoms with Gasteiger partial charge >= 0.3 is 0 Å². The van der Waals surface area contributed by atoms with Gasteiger partial charge in [0, 0.05) is 30.5 Å². The summed E-state index contributed by atoms with van der Waals surface area (Å²) < 4.78 is 28.6. The lowest BCUT2D eigenvalue weighted by atomic mass is 9.97. The quantitative estimate of drug-likeness (QED) is 0.761. The Morgan fingerprint density at radius 2 is 1.73 bits per heavy atom. The van der Waals surface area contributed by atoms with Crippen LogP contribution in [0.15, 0.2) is 48.0 Å². The summed E-state index contributed by atoms with van der Waals surface area (Å²) in [5, 5.41) is 8.66. The van der Waals surface area contributed by atoms with Crippen molar-refractivity contribution in [2.45, 2.75) is 44.6 Å². The minimum absolute atomic E-state index is 0.0494. The standard InChI is InChI=1S/C22H28N4O3S/c27-22(24-21-10-14-23-26(21)20-8-4-5-9-20)19-11-15-25(16-12-19)30(28,29)17-13-18-6-2-1-3-7-18/h1-3,6-7,10,13-14,17,19-20H,4-5,8-9,11-12,15-16H2,(H,24,27). The predicted octanol–water partition coefficient (Wildman–Crippen LogP) is 3.65. The molecule has 2 heterocycles. The fraction of sp³-hybridized carbons (Fsp3) is 0.455. The topological polar surface area (TPSA) is 84.3 Å². The average Bonchev–Trinajstić information content (AvgIpc) is 3.45. The highest BCUT2D eigenvalue weighted by Crippen LogP contribution is 2.31. The van der Waals surface area contributed by atoms with Crippen LogP contribution in [0.25, 0.3) is 6.08 Å². The third-order valence-corrected chi connectivity index (χ3v) is 7.57. The van der Waals surface area contributed by atoms with Crippen LogP contribution >= 0.6 is 0 Å². The first-order valence-corrected chi connectivity index (χ1v) is 12.1. The molecule has 1 amide bonds. The van der Waals surface area contributed by atoms with Gasteiger partial charge in [-0.25, -0.2) is 13.1 Å². The number of sulfonamides is 1. The molecule has 7 nitrogen and oxygen atoms in total. The lowest BCUT2D eigenvalue weighted by Crippen LogP contribution is -2.40. The molecule has 30 heavy (non-hydrogen) atoms. The zero-order valence-corrected chi connectivity index (χ0v) is 17.8. The molecule has 0 bridgehead atoms. The molecule has 1 saturated carbocycles. The largest absolute Gasteiger partial charge is 0.311 e. The molecule has 2 aromatic rings. The summed E-state index contributed by atoms with van der Waals surface area (Å²) in [5.74, 6) is 0.501. The van der Waals surface area contributed by atoms with E-state index in [4.69, 9.17) is 0 Å². The Hall–Kier alpha value is -2.45. The number of carbonyl (C=O) groups excluding carboxylic acids is 1. The van der Waals surface area contributed by atoms with Gasteiger partial charge in [0.2, 0.25) is 15.9 Å². The van der Waals surface area contributed by atoms with E-state index in [1.165, 1.54) is 22.6 Å². The molecule has 2 aliphatic rings. The Labute approximate surface area is 177 Å². The van der Waals surface area contributed by atoms with E-state index < -0.39 is 10.0 Å². The number of rotatable bonds is 6. The molecule has 1 aliphatic heterocycles. The first kappa shape index (κ1) is 20.8. The van der Waals surface area contributed by atoms with Crippen molar-refractivity contribution >= 4 is 27.8 Å². The molecule has 0 spiro atoms. The Balaban J connectivity index is 1.32. The van der Waals surface area contributed by atoms with E-state index in [2.05, 4.69) is 10.4 Å². The highest BCUT2D eigenvalue weighted by atomic mass is 32.2. The molecular formula is C22H28N4O3S. The zero-order chi connectivity index (χ0) is 21.0. The lowest BCUT2D eigenvalue weighted by molar-refractivity contribution is -0.121. The Bertz CT molecular complexity index is 986. The highest BCUT2D eigenvalue weighted by molar-refractivity contribution is 7.92. The van der Waals surface area contributed by atoms with Gasteiger partial charge in [0.15, 0.2) is 0 Å². The number of piperidine rings is 1. The van der Waals surface area contributed by atoms with E-state index in [-0.39, 0.29) is 11.8 Å². The van der Waals surface area contributed by atoms with Gasteiger partial charge in [-0.2, -0.15) is 9.40 Å². The van der Waals surface area contributed by atoms with Gasteiger partial charge in [-0.15, -0.1) is 0 Å². The summed E-state index contributed by atoms with van der Waals surface area (Å²) in [7, 11) is -3.49. The number of carbonyl (C=O) groups is 1. The van der Waals surface area contributed by atoms with Crippen molar-refractivity contribution in [3.05, 3.63) is 53.6 Å². The van der Waals surface area contributed by atoms with E-state index in [0.29, 0.717) is 32.0 Å². The van der Waals surface area contributed by atoms with Gasteiger partial charge in [0.1, 0.15) is 5.82 Å². The van der Waals surface area contributed by atoms with Gasteiger partial charge in [0.05, 0.1) is 12.2 Å². The zero-order valence-electron chi connectivity index (χ0n) is 17.0. The normalized spacial score (nSPS) is 19.5. The molecule has 8 heteroatoms. The SMILES string of the molecule is O=C(Nc1ccnn1C1CCCC1)C1CCN(S(=O)(=O)C=Cc2ccccc2)CC1. The summed E-state index contributed by atoms with van der Waals surface area (Å²) in [4.78, 5) is 12.8. The number of nitrogens with zero attached hydrogens (tertiary/aromatic N) is 3. The van der Waals surface area contributed by atoms with E-state index in [1.807, 2.05) is 41.1 Å².